The minimum Gasteiger partial charge on any atom is -0.493 e. The van der Waals surface area contributed by atoms with Gasteiger partial charge in [-0.05, 0) is 42.5 Å². The van der Waals surface area contributed by atoms with Crippen molar-refractivity contribution >= 4 is 6.03 Å². The van der Waals surface area contributed by atoms with Crippen LogP contribution in [0, 0.1) is 0 Å². The largest absolute Gasteiger partial charge is 0.493 e. The molecule has 150 valence electrons. The molecule has 0 spiro atoms. The second-order valence-corrected chi connectivity index (χ2v) is 7.40. The van der Waals surface area contributed by atoms with Crippen LogP contribution in [0.1, 0.15) is 36.8 Å². The predicted octanol–water partition coefficient (Wildman–Crippen LogP) is 4.06. The van der Waals surface area contributed by atoms with Crippen LogP contribution in [0.5, 0.6) is 11.5 Å². The minimum absolute atomic E-state index is 0.0714. The van der Waals surface area contributed by atoms with Crippen LogP contribution < -0.4 is 20.1 Å². The van der Waals surface area contributed by atoms with E-state index in [1.165, 1.54) is 18.4 Å². The third kappa shape index (κ3) is 4.77. The van der Waals surface area contributed by atoms with Crippen LogP contribution in [0.3, 0.4) is 0 Å². The highest BCUT2D eigenvalue weighted by molar-refractivity contribution is 5.74. The van der Waals surface area contributed by atoms with Crippen LogP contribution in [0.2, 0.25) is 0 Å². The number of ether oxygens (including phenoxy) is 2. The highest BCUT2D eigenvalue weighted by Crippen LogP contribution is 2.40. The molecule has 0 unspecified atom stereocenters. The summed E-state index contributed by atoms with van der Waals surface area (Å²) in [6, 6.07) is 16.3. The molecule has 0 aliphatic heterocycles. The number of nitrogens with one attached hydrogen (secondary N) is 2. The number of hydrogen-bond donors (Lipinski definition) is 2. The molecule has 3 rings (SSSR count). The zero-order valence-corrected chi connectivity index (χ0v) is 16.8. The fraction of sp³-hybridized carbons (Fsp3) is 0.435. The van der Waals surface area contributed by atoms with Crippen LogP contribution >= 0.6 is 0 Å². The Labute approximate surface area is 167 Å². The third-order valence-corrected chi connectivity index (χ3v) is 5.68. The molecular formula is C23H30N2O3. The van der Waals surface area contributed by atoms with Crippen LogP contribution in [0.4, 0.5) is 4.79 Å². The van der Waals surface area contributed by atoms with Crippen molar-refractivity contribution in [2.75, 3.05) is 27.3 Å². The van der Waals surface area contributed by atoms with E-state index in [4.69, 9.17) is 9.47 Å². The van der Waals surface area contributed by atoms with Crippen LogP contribution in [0.15, 0.2) is 48.5 Å². The van der Waals surface area contributed by atoms with Gasteiger partial charge in [-0.3, -0.25) is 0 Å². The molecule has 1 aliphatic rings. The van der Waals surface area contributed by atoms with Gasteiger partial charge in [0, 0.05) is 18.5 Å². The first-order chi connectivity index (χ1) is 13.7. The van der Waals surface area contributed by atoms with Crippen molar-refractivity contribution < 1.29 is 14.3 Å². The second-order valence-electron chi connectivity index (χ2n) is 7.40. The Kier molecular flexibility index (Phi) is 6.80. The number of carbonyl (C=O) groups excluding carboxylic acids is 1. The highest BCUT2D eigenvalue weighted by Gasteiger charge is 2.35. The van der Waals surface area contributed by atoms with E-state index in [2.05, 4.69) is 34.9 Å². The predicted molar refractivity (Wildman–Crippen MR) is 111 cm³/mol. The van der Waals surface area contributed by atoms with Gasteiger partial charge >= 0.3 is 6.03 Å². The molecule has 1 aliphatic carbocycles. The summed E-state index contributed by atoms with van der Waals surface area (Å²) in [6.07, 6.45) is 5.43. The average Bonchev–Trinajstić information content (AvgIpc) is 3.23. The van der Waals surface area contributed by atoms with Crippen molar-refractivity contribution in [3.05, 3.63) is 59.7 Å². The van der Waals surface area contributed by atoms with E-state index < -0.39 is 0 Å². The zero-order valence-electron chi connectivity index (χ0n) is 16.8. The molecule has 28 heavy (non-hydrogen) atoms. The first-order valence-corrected chi connectivity index (χ1v) is 9.95. The number of benzene rings is 2. The van der Waals surface area contributed by atoms with E-state index in [1.54, 1.807) is 14.2 Å². The number of hydrogen-bond acceptors (Lipinski definition) is 3. The first-order valence-electron chi connectivity index (χ1n) is 9.95. The van der Waals surface area contributed by atoms with Crippen molar-refractivity contribution in [1.82, 2.24) is 10.6 Å². The Bertz CT molecular complexity index is 771. The Morgan fingerprint density at radius 1 is 0.964 bits per heavy atom. The van der Waals surface area contributed by atoms with E-state index in [0.717, 1.165) is 24.8 Å². The van der Waals surface area contributed by atoms with Gasteiger partial charge in [0.15, 0.2) is 11.5 Å². The molecule has 2 amide bonds. The molecule has 0 heterocycles. The summed E-state index contributed by atoms with van der Waals surface area (Å²) in [5.74, 6) is 1.41. The minimum atomic E-state index is -0.109. The number of urea groups is 1. The number of amides is 2. The quantitative estimate of drug-likeness (QED) is 0.724. The number of carbonyl (C=O) groups is 1. The van der Waals surface area contributed by atoms with Crippen molar-refractivity contribution in [1.29, 1.82) is 0 Å². The molecular weight excluding hydrogens is 352 g/mol. The summed E-state index contributed by atoms with van der Waals surface area (Å²) in [6.45, 7) is 1.25. The highest BCUT2D eigenvalue weighted by atomic mass is 16.5. The van der Waals surface area contributed by atoms with Gasteiger partial charge in [0.05, 0.1) is 14.2 Å². The molecule has 1 fully saturated rings. The average molecular weight is 383 g/mol. The lowest BCUT2D eigenvalue weighted by Gasteiger charge is -2.30. The van der Waals surface area contributed by atoms with Gasteiger partial charge in [-0.25, -0.2) is 4.79 Å². The van der Waals surface area contributed by atoms with Crippen LogP contribution in [0.25, 0.3) is 0 Å². The molecule has 1 saturated carbocycles. The van der Waals surface area contributed by atoms with Crippen molar-refractivity contribution in [3.63, 3.8) is 0 Å². The van der Waals surface area contributed by atoms with Crippen molar-refractivity contribution in [2.24, 2.45) is 0 Å². The maximum absolute atomic E-state index is 12.3. The SMILES string of the molecule is COc1ccc(CCNC(=O)NCC2(c3ccccc3)CCCC2)cc1OC. The maximum Gasteiger partial charge on any atom is 0.314 e. The Morgan fingerprint density at radius 2 is 1.68 bits per heavy atom. The fourth-order valence-corrected chi connectivity index (χ4v) is 4.08. The first kappa shape index (κ1) is 20.1. The smallest absolute Gasteiger partial charge is 0.314 e. The lowest BCUT2D eigenvalue weighted by Crippen LogP contribution is -2.44. The molecule has 2 aromatic carbocycles. The van der Waals surface area contributed by atoms with E-state index in [1.807, 2.05) is 24.3 Å². The Balaban J connectivity index is 1.49. The number of methoxy groups -OCH3 is 2. The fourth-order valence-electron chi connectivity index (χ4n) is 4.08. The Morgan fingerprint density at radius 3 is 2.36 bits per heavy atom. The normalized spacial score (nSPS) is 15.1. The van der Waals surface area contributed by atoms with E-state index >= 15 is 0 Å². The van der Waals surface area contributed by atoms with E-state index in [-0.39, 0.29) is 11.4 Å². The van der Waals surface area contributed by atoms with Gasteiger partial charge in [-0.1, -0.05) is 49.2 Å². The summed E-state index contributed by atoms with van der Waals surface area (Å²) in [7, 11) is 3.24. The van der Waals surface area contributed by atoms with Gasteiger partial charge < -0.3 is 20.1 Å². The second kappa shape index (κ2) is 9.49. The van der Waals surface area contributed by atoms with Gasteiger partial charge in [0.2, 0.25) is 0 Å². The van der Waals surface area contributed by atoms with Crippen LogP contribution in [-0.2, 0) is 11.8 Å². The molecule has 2 aromatic rings. The summed E-state index contributed by atoms with van der Waals surface area (Å²) < 4.78 is 10.6. The summed E-state index contributed by atoms with van der Waals surface area (Å²) >= 11 is 0. The molecule has 2 N–H and O–H groups in total. The van der Waals surface area contributed by atoms with E-state index in [9.17, 15) is 4.79 Å². The molecule has 0 atom stereocenters. The summed E-state index contributed by atoms with van der Waals surface area (Å²) in [4.78, 5) is 12.3. The Hall–Kier alpha value is -2.69. The maximum atomic E-state index is 12.3. The van der Waals surface area contributed by atoms with Crippen LogP contribution in [-0.4, -0.2) is 33.3 Å². The third-order valence-electron chi connectivity index (χ3n) is 5.68. The molecule has 0 bridgehead atoms. The topological polar surface area (TPSA) is 59.6 Å². The summed E-state index contributed by atoms with van der Waals surface area (Å²) in [5.41, 5.74) is 2.50. The lowest BCUT2D eigenvalue weighted by atomic mass is 9.79. The molecule has 5 nitrogen and oxygen atoms in total. The van der Waals surface area contributed by atoms with Gasteiger partial charge in [0.1, 0.15) is 0 Å². The standard InChI is InChI=1S/C23H30N2O3/c1-27-20-11-10-18(16-21(20)28-2)12-15-24-22(26)25-17-23(13-6-7-14-23)19-8-4-3-5-9-19/h3-5,8-11,16H,6-7,12-15,17H2,1-2H3,(H2,24,25,26). The molecule has 0 saturated heterocycles. The van der Waals surface area contributed by atoms with Gasteiger partial charge in [-0.2, -0.15) is 0 Å². The monoisotopic (exact) mass is 382 g/mol. The van der Waals surface area contributed by atoms with Crippen molar-refractivity contribution in [2.45, 2.75) is 37.5 Å². The molecule has 0 radical (unpaired) electrons. The molecule has 5 heteroatoms. The van der Waals surface area contributed by atoms with Gasteiger partial charge in [-0.15, -0.1) is 0 Å². The molecule has 0 aromatic heterocycles. The lowest BCUT2D eigenvalue weighted by molar-refractivity contribution is 0.237. The zero-order chi connectivity index (χ0) is 19.8. The summed E-state index contributed by atoms with van der Waals surface area (Å²) in [5, 5.41) is 6.06. The van der Waals surface area contributed by atoms with Crippen molar-refractivity contribution in [3.8, 4) is 11.5 Å². The number of rotatable bonds is 8. The van der Waals surface area contributed by atoms with E-state index in [0.29, 0.717) is 24.6 Å². The van der Waals surface area contributed by atoms with Gasteiger partial charge in [0.25, 0.3) is 0 Å².